The minimum absolute atomic E-state index is 0.0377. The summed E-state index contributed by atoms with van der Waals surface area (Å²) in [5.41, 5.74) is 1.15. The van der Waals surface area contributed by atoms with Gasteiger partial charge >= 0.3 is 6.18 Å². The monoisotopic (exact) mass is 669 g/mol. The van der Waals surface area contributed by atoms with Crippen molar-refractivity contribution in [3.8, 4) is 5.75 Å². The first-order valence-electron chi connectivity index (χ1n) is 15.3. The molecule has 1 aromatic carbocycles. The van der Waals surface area contributed by atoms with Crippen LogP contribution >= 0.6 is 11.6 Å². The van der Waals surface area contributed by atoms with Crippen LogP contribution in [0.15, 0.2) is 47.4 Å². The average molecular weight is 670 g/mol. The lowest BCUT2D eigenvalue weighted by molar-refractivity contribution is -0.137. The van der Waals surface area contributed by atoms with E-state index < -0.39 is 23.1 Å². The highest BCUT2D eigenvalue weighted by Gasteiger charge is 2.46. The molecule has 1 aliphatic carbocycles. The molecule has 246 valence electrons. The maximum Gasteiger partial charge on any atom is 0.416 e. The highest BCUT2D eigenvalue weighted by molar-refractivity contribution is 6.33. The summed E-state index contributed by atoms with van der Waals surface area (Å²) >= 11 is 6.12. The standard InChI is InChI=1S/C32H31ClF3N7O4/c33-21-16-20(32(34,35)36)3-4-22(21)38-26(45)18-42-24-5-8-31(9-12-41(13-10-31)17-23-25(44)2-1-11-37-23)27(24)29(46)43-30(42)39-28(40-43)19-6-14-47-15-7-19/h1-4,6,11,16,44H,5,7-10,12-15,17-18H2,(H,38,45). The molecule has 15 heteroatoms. The van der Waals surface area contributed by atoms with Crippen LogP contribution < -0.4 is 10.9 Å². The number of nitrogens with zero attached hydrogens (tertiary/aromatic N) is 6. The Balaban J connectivity index is 1.23. The second-order valence-electron chi connectivity index (χ2n) is 12.2. The predicted molar refractivity (Wildman–Crippen MR) is 166 cm³/mol. The largest absolute Gasteiger partial charge is 0.506 e. The number of hydrogen-bond acceptors (Lipinski definition) is 8. The molecule has 11 nitrogen and oxygen atoms in total. The Morgan fingerprint density at radius 2 is 1.96 bits per heavy atom. The molecule has 2 N–H and O–H groups in total. The molecule has 0 bridgehead atoms. The molecular formula is C32H31ClF3N7O4. The number of halogens is 4. The van der Waals surface area contributed by atoms with Gasteiger partial charge in [-0.1, -0.05) is 17.7 Å². The van der Waals surface area contributed by atoms with Crippen molar-refractivity contribution in [2.45, 2.75) is 56.8 Å². The highest BCUT2D eigenvalue weighted by Crippen LogP contribution is 2.45. The van der Waals surface area contributed by atoms with Gasteiger partial charge in [-0.25, -0.2) is 0 Å². The molecule has 3 aliphatic rings. The molecule has 5 heterocycles. The number of amides is 1. The van der Waals surface area contributed by atoms with Gasteiger partial charge in [-0.2, -0.15) is 22.7 Å². The third-order valence-electron chi connectivity index (χ3n) is 9.40. The number of anilines is 1. The smallest absolute Gasteiger partial charge is 0.416 e. The van der Waals surface area contributed by atoms with Crippen molar-refractivity contribution in [1.82, 2.24) is 29.0 Å². The number of alkyl halides is 3. The third-order valence-corrected chi connectivity index (χ3v) is 9.71. The molecule has 1 saturated heterocycles. The second-order valence-corrected chi connectivity index (χ2v) is 12.6. The van der Waals surface area contributed by atoms with Crippen LogP contribution in [0.1, 0.15) is 54.0 Å². The first-order chi connectivity index (χ1) is 22.5. The number of aromatic hydroxyl groups is 1. The Hall–Kier alpha value is -4.27. The Morgan fingerprint density at radius 1 is 1.15 bits per heavy atom. The van der Waals surface area contributed by atoms with E-state index in [1.807, 2.05) is 6.08 Å². The fraction of sp³-hybridized carbons (Fsp3) is 0.406. The molecule has 47 heavy (non-hydrogen) atoms. The summed E-state index contributed by atoms with van der Waals surface area (Å²) in [4.78, 5) is 38.9. The summed E-state index contributed by atoms with van der Waals surface area (Å²) in [5.74, 6) is 0.194. The number of aromatic nitrogens is 5. The molecular weight excluding hydrogens is 639 g/mol. The van der Waals surface area contributed by atoms with E-state index >= 15 is 0 Å². The van der Waals surface area contributed by atoms with Crippen molar-refractivity contribution in [2.24, 2.45) is 0 Å². The predicted octanol–water partition coefficient (Wildman–Crippen LogP) is 4.59. The first-order valence-corrected chi connectivity index (χ1v) is 15.7. The van der Waals surface area contributed by atoms with Crippen LogP contribution in [0.3, 0.4) is 0 Å². The lowest BCUT2D eigenvalue weighted by Gasteiger charge is -2.39. The van der Waals surface area contributed by atoms with Gasteiger partial charge in [-0.05, 0) is 81.1 Å². The molecule has 0 saturated carbocycles. The average Bonchev–Trinajstić information content (AvgIpc) is 3.66. The minimum Gasteiger partial charge on any atom is -0.506 e. The van der Waals surface area contributed by atoms with Crippen LogP contribution in [0.2, 0.25) is 5.02 Å². The quantitative estimate of drug-likeness (QED) is 0.306. The highest BCUT2D eigenvalue weighted by atomic mass is 35.5. The maximum atomic E-state index is 14.2. The molecule has 0 atom stereocenters. The fourth-order valence-corrected chi connectivity index (χ4v) is 7.16. The topological polar surface area (TPSA) is 127 Å². The number of piperidine rings is 1. The Morgan fingerprint density at radius 3 is 2.66 bits per heavy atom. The fourth-order valence-electron chi connectivity index (χ4n) is 6.94. The van der Waals surface area contributed by atoms with E-state index in [4.69, 9.17) is 21.3 Å². The van der Waals surface area contributed by atoms with Crippen LogP contribution in [0.25, 0.3) is 11.4 Å². The van der Waals surface area contributed by atoms with Gasteiger partial charge in [0.2, 0.25) is 11.7 Å². The number of pyridine rings is 1. The number of hydrogen-bond donors (Lipinski definition) is 2. The van der Waals surface area contributed by atoms with E-state index in [0.717, 1.165) is 23.8 Å². The second kappa shape index (κ2) is 12.1. The summed E-state index contributed by atoms with van der Waals surface area (Å²) < 4.78 is 47.9. The Labute approximate surface area is 271 Å². The van der Waals surface area contributed by atoms with Crippen molar-refractivity contribution in [1.29, 1.82) is 0 Å². The summed E-state index contributed by atoms with van der Waals surface area (Å²) in [6.07, 6.45) is 2.12. The van der Waals surface area contributed by atoms with Crippen LogP contribution in [0.5, 0.6) is 5.75 Å². The molecule has 4 aromatic rings. The van der Waals surface area contributed by atoms with Crippen LogP contribution in [0.4, 0.5) is 18.9 Å². The molecule has 3 aromatic heterocycles. The van der Waals surface area contributed by atoms with Crippen LogP contribution in [-0.4, -0.2) is 66.4 Å². The molecule has 2 aliphatic heterocycles. The van der Waals surface area contributed by atoms with Crippen molar-refractivity contribution in [3.63, 3.8) is 0 Å². The zero-order chi connectivity index (χ0) is 32.9. The van der Waals surface area contributed by atoms with E-state index in [-0.39, 0.29) is 34.3 Å². The van der Waals surface area contributed by atoms with Gasteiger partial charge in [-0.3, -0.25) is 19.5 Å². The van der Waals surface area contributed by atoms with Crippen molar-refractivity contribution >= 4 is 34.5 Å². The van der Waals surface area contributed by atoms with Gasteiger partial charge in [-0.15, -0.1) is 5.10 Å². The number of carbonyl (C=O) groups excluding carboxylic acids is 1. The normalized spacial score (nSPS) is 18.0. The van der Waals surface area contributed by atoms with E-state index in [2.05, 4.69) is 20.3 Å². The van der Waals surface area contributed by atoms with Gasteiger partial charge < -0.3 is 19.7 Å². The van der Waals surface area contributed by atoms with Crippen LogP contribution in [-0.2, 0) is 40.6 Å². The zero-order valence-corrected chi connectivity index (χ0v) is 25.9. The molecule has 7 rings (SSSR count). The van der Waals surface area contributed by atoms with Crippen LogP contribution in [0, 0.1) is 0 Å². The molecule has 0 unspecified atom stereocenters. The summed E-state index contributed by atoms with van der Waals surface area (Å²) in [7, 11) is 0. The van der Waals surface area contributed by atoms with Gasteiger partial charge in [0.25, 0.3) is 5.56 Å². The molecule has 0 radical (unpaired) electrons. The third kappa shape index (κ3) is 5.89. The number of fused-ring (bicyclic) bond motifs is 3. The van der Waals surface area contributed by atoms with Gasteiger partial charge in [0, 0.05) is 29.4 Å². The number of likely N-dealkylation sites (tertiary alicyclic amines) is 1. The van der Waals surface area contributed by atoms with Gasteiger partial charge in [0.15, 0.2) is 5.82 Å². The van der Waals surface area contributed by atoms with Gasteiger partial charge in [0.1, 0.15) is 12.3 Å². The summed E-state index contributed by atoms with van der Waals surface area (Å²) in [6.45, 7) is 2.47. The van der Waals surface area contributed by atoms with Crippen molar-refractivity contribution in [3.05, 3.63) is 86.3 Å². The number of benzene rings is 1. The van der Waals surface area contributed by atoms with Gasteiger partial charge in [0.05, 0.1) is 35.2 Å². The lowest BCUT2D eigenvalue weighted by atomic mass is 9.74. The number of rotatable bonds is 6. The van der Waals surface area contributed by atoms with E-state index in [9.17, 15) is 27.9 Å². The SMILES string of the molecule is O=C(Cn1c2c(c(=O)n3nc(C4=CCOCC4)nc13)C1(CC2)CCN(Cc2ncccc2O)CC1)Nc1ccc(C(F)(F)F)cc1Cl. The minimum atomic E-state index is -4.58. The first kappa shape index (κ1) is 31.3. The molecule has 1 amide bonds. The Bertz CT molecular complexity index is 1960. The summed E-state index contributed by atoms with van der Waals surface area (Å²) in [6, 6.07) is 6.03. The zero-order valence-electron chi connectivity index (χ0n) is 25.2. The summed E-state index contributed by atoms with van der Waals surface area (Å²) in [5, 5.41) is 17.2. The van der Waals surface area contributed by atoms with E-state index in [0.29, 0.717) is 87.7 Å². The Kier molecular flexibility index (Phi) is 8.05. The van der Waals surface area contributed by atoms with E-state index in [1.165, 1.54) is 4.52 Å². The molecule has 1 fully saturated rings. The van der Waals surface area contributed by atoms with Crippen molar-refractivity contribution in [2.75, 3.05) is 31.6 Å². The number of ether oxygens (including phenoxy) is 1. The molecule has 1 spiro atoms. The number of nitrogens with one attached hydrogen (secondary N) is 1. The van der Waals surface area contributed by atoms with E-state index in [1.54, 1.807) is 22.9 Å². The lowest BCUT2D eigenvalue weighted by Crippen LogP contribution is -2.44. The maximum absolute atomic E-state index is 14.2. The van der Waals surface area contributed by atoms with Crippen molar-refractivity contribution < 1.29 is 27.8 Å². The number of carbonyl (C=O) groups is 1.